The van der Waals surface area contributed by atoms with Crippen molar-refractivity contribution >= 4 is 23.6 Å². The minimum atomic E-state index is -1.10. The zero-order valence-corrected chi connectivity index (χ0v) is 12.7. The number of nitrogens with zero attached hydrogens (tertiary/aromatic N) is 1. The number of amides is 1. The Morgan fingerprint density at radius 3 is 2.86 bits per heavy atom. The van der Waals surface area contributed by atoms with E-state index in [0.29, 0.717) is 37.6 Å². The quantitative estimate of drug-likeness (QED) is 0.843. The maximum absolute atomic E-state index is 12.5. The highest BCUT2D eigenvalue weighted by Gasteiger charge is 2.51. The molecule has 2 aliphatic heterocycles. The Hall–Kier alpha value is -1.52. The van der Waals surface area contributed by atoms with Gasteiger partial charge in [0.2, 0.25) is 0 Å². The summed E-state index contributed by atoms with van der Waals surface area (Å²) in [7, 11) is 0. The molecule has 1 atom stereocenters. The van der Waals surface area contributed by atoms with Crippen LogP contribution in [0.3, 0.4) is 0 Å². The number of carbonyl (C=O) groups is 1. The minimum Gasteiger partial charge on any atom is -0.457 e. The van der Waals surface area contributed by atoms with Crippen LogP contribution in [0.1, 0.15) is 25.3 Å². The Kier molecular flexibility index (Phi) is 3.91. The highest BCUT2D eigenvalue weighted by atomic mass is 35.5. The number of hydrogen-bond acceptors (Lipinski definition) is 3. The fourth-order valence-corrected chi connectivity index (χ4v) is 2.85. The predicted octanol–water partition coefficient (Wildman–Crippen LogP) is 3.07. The summed E-state index contributed by atoms with van der Waals surface area (Å²) < 4.78 is 11.6. The molecule has 3 rings (SSSR count). The maximum Gasteiger partial charge on any atom is 0.295 e. The van der Waals surface area contributed by atoms with E-state index in [9.17, 15) is 4.79 Å². The van der Waals surface area contributed by atoms with Crippen LogP contribution in [0.15, 0.2) is 30.0 Å². The van der Waals surface area contributed by atoms with Crippen molar-refractivity contribution in [2.24, 2.45) is 0 Å². The summed E-state index contributed by atoms with van der Waals surface area (Å²) in [6, 6.07) is 7.51. The van der Waals surface area contributed by atoms with E-state index >= 15 is 0 Å². The van der Waals surface area contributed by atoms with Crippen molar-refractivity contribution in [2.75, 3.05) is 19.7 Å². The van der Waals surface area contributed by atoms with Crippen molar-refractivity contribution in [3.05, 3.63) is 40.6 Å². The number of likely N-dealkylation sites (N-methyl/N-ethyl adjacent to an activating group) is 1. The highest BCUT2D eigenvalue weighted by Crippen LogP contribution is 2.38. The largest absolute Gasteiger partial charge is 0.457 e. The molecule has 4 nitrogen and oxygen atoms in total. The molecule has 2 heterocycles. The first kappa shape index (κ1) is 14.4. The third-order valence-corrected chi connectivity index (χ3v) is 4.14. The van der Waals surface area contributed by atoms with Crippen molar-refractivity contribution in [3.8, 4) is 0 Å². The highest BCUT2D eigenvalue weighted by molar-refractivity contribution is 6.30. The summed E-state index contributed by atoms with van der Waals surface area (Å²) in [4.78, 5) is 14.2. The first-order valence-corrected chi connectivity index (χ1v) is 7.59. The van der Waals surface area contributed by atoms with Gasteiger partial charge in [0.1, 0.15) is 5.76 Å². The van der Waals surface area contributed by atoms with Gasteiger partial charge in [0.05, 0.1) is 6.61 Å². The third kappa shape index (κ3) is 2.78. The monoisotopic (exact) mass is 307 g/mol. The van der Waals surface area contributed by atoms with Crippen molar-refractivity contribution < 1.29 is 14.3 Å². The predicted molar refractivity (Wildman–Crippen MR) is 80.7 cm³/mol. The van der Waals surface area contributed by atoms with Crippen LogP contribution in [0.5, 0.6) is 0 Å². The first-order valence-electron chi connectivity index (χ1n) is 7.21. The Bertz CT molecular complexity index is 569. The lowest BCUT2D eigenvalue weighted by Crippen LogP contribution is -2.56. The second kappa shape index (κ2) is 5.70. The van der Waals surface area contributed by atoms with Gasteiger partial charge >= 0.3 is 0 Å². The number of benzene rings is 1. The lowest BCUT2D eigenvalue weighted by molar-refractivity contribution is -0.227. The lowest BCUT2D eigenvalue weighted by atomic mass is 10.1. The molecule has 112 valence electrons. The summed E-state index contributed by atoms with van der Waals surface area (Å²) in [5.41, 5.74) is 1.00. The zero-order chi connectivity index (χ0) is 14.9. The molecule has 1 aromatic carbocycles. The van der Waals surface area contributed by atoms with Crippen LogP contribution >= 0.6 is 11.6 Å². The molecule has 0 bridgehead atoms. The Morgan fingerprint density at radius 2 is 2.14 bits per heavy atom. The van der Waals surface area contributed by atoms with Gasteiger partial charge in [0.15, 0.2) is 0 Å². The molecule has 0 aromatic heterocycles. The molecule has 21 heavy (non-hydrogen) atoms. The summed E-state index contributed by atoms with van der Waals surface area (Å²) >= 11 is 5.87. The summed E-state index contributed by atoms with van der Waals surface area (Å²) in [5, 5.41) is 0.699. The smallest absolute Gasteiger partial charge is 0.295 e. The van der Waals surface area contributed by atoms with E-state index in [1.807, 2.05) is 37.3 Å². The van der Waals surface area contributed by atoms with Gasteiger partial charge in [-0.3, -0.25) is 4.79 Å². The normalized spacial score (nSPS) is 27.4. The SMILES string of the molecule is CCN1CCOC2(CC/C(=C/c3ccc(Cl)cc3)O2)C1=O. The first-order chi connectivity index (χ1) is 10.1. The van der Waals surface area contributed by atoms with Crippen molar-refractivity contribution in [2.45, 2.75) is 25.6 Å². The van der Waals surface area contributed by atoms with E-state index in [1.54, 1.807) is 4.90 Å². The number of hydrogen-bond donors (Lipinski definition) is 0. The molecule has 0 N–H and O–H groups in total. The van der Waals surface area contributed by atoms with Crippen LogP contribution in [-0.4, -0.2) is 36.3 Å². The van der Waals surface area contributed by atoms with Crippen LogP contribution < -0.4 is 0 Å². The average molecular weight is 308 g/mol. The summed E-state index contributed by atoms with van der Waals surface area (Å²) in [6.45, 7) is 3.81. The standard InChI is InChI=1S/C16H18ClNO3/c1-2-18-9-10-20-16(15(18)19)8-7-14(21-16)11-12-3-5-13(17)6-4-12/h3-6,11H,2,7-10H2,1H3/b14-11-. The molecular weight excluding hydrogens is 290 g/mol. The molecule has 2 saturated heterocycles. The fourth-order valence-electron chi connectivity index (χ4n) is 2.73. The topological polar surface area (TPSA) is 38.8 Å². The average Bonchev–Trinajstić information content (AvgIpc) is 2.89. The summed E-state index contributed by atoms with van der Waals surface area (Å²) in [6.07, 6.45) is 3.21. The van der Waals surface area contributed by atoms with Crippen LogP contribution in [0.4, 0.5) is 0 Å². The van der Waals surface area contributed by atoms with Crippen molar-refractivity contribution in [1.29, 1.82) is 0 Å². The number of allylic oxidation sites excluding steroid dienone is 1. The van der Waals surface area contributed by atoms with Gasteiger partial charge in [-0.2, -0.15) is 0 Å². The van der Waals surface area contributed by atoms with E-state index in [-0.39, 0.29) is 5.91 Å². The summed E-state index contributed by atoms with van der Waals surface area (Å²) in [5.74, 6) is -0.383. The lowest BCUT2D eigenvalue weighted by Gasteiger charge is -2.37. The molecule has 5 heteroatoms. The van der Waals surface area contributed by atoms with Crippen LogP contribution in [-0.2, 0) is 14.3 Å². The Morgan fingerprint density at radius 1 is 1.38 bits per heavy atom. The van der Waals surface area contributed by atoms with E-state index < -0.39 is 5.79 Å². The van der Waals surface area contributed by atoms with Gasteiger partial charge in [-0.25, -0.2) is 0 Å². The van der Waals surface area contributed by atoms with Gasteiger partial charge in [-0.05, 0) is 30.7 Å². The van der Waals surface area contributed by atoms with Gasteiger partial charge < -0.3 is 14.4 Å². The van der Waals surface area contributed by atoms with Gasteiger partial charge in [-0.15, -0.1) is 0 Å². The van der Waals surface area contributed by atoms with E-state index in [0.717, 1.165) is 11.3 Å². The minimum absolute atomic E-state index is 0.0595. The number of halogens is 1. The second-order valence-corrected chi connectivity index (χ2v) is 5.69. The fraction of sp³-hybridized carbons (Fsp3) is 0.438. The number of carbonyl (C=O) groups excluding carboxylic acids is 1. The van der Waals surface area contributed by atoms with Crippen LogP contribution in [0.2, 0.25) is 5.02 Å². The van der Waals surface area contributed by atoms with Crippen molar-refractivity contribution in [1.82, 2.24) is 4.90 Å². The van der Waals surface area contributed by atoms with E-state index in [1.165, 1.54) is 0 Å². The third-order valence-electron chi connectivity index (χ3n) is 3.89. The number of rotatable bonds is 2. The van der Waals surface area contributed by atoms with Gasteiger partial charge in [-0.1, -0.05) is 23.7 Å². The zero-order valence-electron chi connectivity index (χ0n) is 12.0. The van der Waals surface area contributed by atoms with Crippen LogP contribution in [0.25, 0.3) is 6.08 Å². The van der Waals surface area contributed by atoms with E-state index in [4.69, 9.17) is 21.1 Å². The van der Waals surface area contributed by atoms with Gasteiger partial charge in [0.25, 0.3) is 11.7 Å². The maximum atomic E-state index is 12.5. The van der Waals surface area contributed by atoms with Crippen LogP contribution in [0, 0.1) is 0 Å². The molecular formula is C16H18ClNO3. The molecule has 1 spiro atoms. The molecule has 0 radical (unpaired) electrons. The molecule has 1 amide bonds. The molecule has 1 unspecified atom stereocenters. The molecule has 2 fully saturated rings. The molecule has 0 saturated carbocycles. The Balaban J connectivity index is 1.78. The molecule has 0 aliphatic carbocycles. The van der Waals surface area contributed by atoms with Gasteiger partial charge in [0, 0.05) is 31.0 Å². The molecule has 1 aromatic rings. The number of ether oxygens (including phenoxy) is 2. The number of morpholine rings is 1. The van der Waals surface area contributed by atoms with Crippen molar-refractivity contribution in [3.63, 3.8) is 0 Å². The second-order valence-electron chi connectivity index (χ2n) is 5.25. The van der Waals surface area contributed by atoms with E-state index in [2.05, 4.69) is 0 Å². The Labute approximate surface area is 129 Å². The molecule has 2 aliphatic rings.